The van der Waals surface area contributed by atoms with E-state index in [9.17, 15) is 9.59 Å². The molecule has 0 unspecified atom stereocenters. The molecule has 2 N–H and O–H groups in total. The SMILES string of the molecule is COc1ccc(CNC(=O)Cn2c(CNC(=O)C3CC3)nc3ccccc32)cc1. The van der Waals surface area contributed by atoms with Crippen molar-refractivity contribution in [3.8, 4) is 5.75 Å². The lowest BCUT2D eigenvalue weighted by Crippen LogP contribution is -2.30. The molecule has 0 atom stereocenters. The van der Waals surface area contributed by atoms with Crippen LogP contribution in [0.15, 0.2) is 48.5 Å². The molecule has 1 heterocycles. The molecule has 1 fully saturated rings. The van der Waals surface area contributed by atoms with Crippen LogP contribution in [0.1, 0.15) is 24.2 Å². The van der Waals surface area contributed by atoms with Gasteiger partial charge in [0.25, 0.3) is 0 Å². The van der Waals surface area contributed by atoms with Crippen molar-refractivity contribution in [3.63, 3.8) is 0 Å². The maximum absolute atomic E-state index is 12.6. The second kappa shape index (κ2) is 8.34. The minimum Gasteiger partial charge on any atom is -0.497 e. The maximum Gasteiger partial charge on any atom is 0.240 e. The number of hydrogen-bond donors (Lipinski definition) is 2. The molecular weight excluding hydrogens is 368 g/mol. The summed E-state index contributed by atoms with van der Waals surface area (Å²) in [4.78, 5) is 29.2. The average Bonchev–Trinajstić information content (AvgIpc) is 3.55. The molecule has 1 aromatic heterocycles. The average molecular weight is 392 g/mol. The third-order valence-electron chi connectivity index (χ3n) is 5.05. The monoisotopic (exact) mass is 392 g/mol. The molecule has 0 radical (unpaired) electrons. The first kappa shape index (κ1) is 19.0. The quantitative estimate of drug-likeness (QED) is 0.616. The van der Waals surface area contributed by atoms with Gasteiger partial charge in [0.2, 0.25) is 11.8 Å². The van der Waals surface area contributed by atoms with Crippen molar-refractivity contribution in [1.29, 1.82) is 0 Å². The standard InChI is InChI=1S/C22H24N4O3/c1-29-17-10-6-15(7-11-17)12-23-21(27)14-26-19-5-3-2-4-18(19)25-20(26)13-24-22(28)16-8-9-16/h2-7,10-11,16H,8-9,12-14H2,1H3,(H,23,27)(H,24,28). The normalized spacial score (nSPS) is 13.3. The zero-order valence-corrected chi connectivity index (χ0v) is 16.4. The fraction of sp³-hybridized carbons (Fsp3) is 0.318. The number of ether oxygens (including phenoxy) is 1. The van der Waals surface area contributed by atoms with Gasteiger partial charge in [-0.05, 0) is 42.7 Å². The van der Waals surface area contributed by atoms with Gasteiger partial charge in [-0.3, -0.25) is 9.59 Å². The van der Waals surface area contributed by atoms with Crippen molar-refractivity contribution in [1.82, 2.24) is 20.2 Å². The molecule has 1 saturated carbocycles. The zero-order chi connectivity index (χ0) is 20.2. The van der Waals surface area contributed by atoms with Crippen molar-refractivity contribution >= 4 is 22.8 Å². The van der Waals surface area contributed by atoms with Crippen LogP contribution in [-0.2, 0) is 29.2 Å². The predicted octanol–water partition coefficient (Wildman–Crippen LogP) is 2.39. The Hall–Kier alpha value is -3.35. The lowest BCUT2D eigenvalue weighted by Gasteiger charge is -2.11. The number of benzene rings is 2. The van der Waals surface area contributed by atoms with E-state index in [1.165, 1.54) is 0 Å². The molecule has 4 rings (SSSR count). The molecule has 150 valence electrons. The Balaban J connectivity index is 1.44. The number of amides is 2. The Morgan fingerprint density at radius 1 is 1.07 bits per heavy atom. The highest BCUT2D eigenvalue weighted by Gasteiger charge is 2.29. The molecule has 2 aromatic carbocycles. The van der Waals surface area contributed by atoms with Crippen LogP contribution in [0.25, 0.3) is 11.0 Å². The highest BCUT2D eigenvalue weighted by molar-refractivity contribution is 5.82. The minimum atomic E-state index is -0.112. The molecule has 7 heteroatoms. The van der Waals surface area contributed by atoms with E-state index in [1.807, 2.05) is 53.1 Å². The summed E-state index contributed by atoms with van der Waals surface area (Å²) in [5, 5.41) is 5.88. The number of imidazole rings is 1. The smallest absolute Gasteiger partial charge is 0.240 e. The molecule has 3 aromatic rings. The van der Waals surface area contributed by atoms with E-state index in [4.69, 9.17) is 4.74 Å². The van der Waals surface area contributed by atoms with Gasteiger partial charge in [-0.25, -0.2) is 4.98 Å². The zero-order valence-electron chi connectivity index (χ0n) is 16.4. The molecule has 1 aliphatic carbocycles. The number of carbonyl (C=O) groups is 2. The number of methoxy groups -OCH3 is 1. The van der Waals surface area contributed by atoms with Crippen LogP contribution >= 0.6 is 0 Å². The van der Waals surface area contributed by atoms with E-state index < -0.39 is 0 Å². The number of rotatable bonds is 8. The first-order valence-electron chi connectivity index (χ1n) is 9.75. The summed E-state index contributed by atoms with van der Waals surface area (Å²) >= 11 is 0. The molecule has 0 aliphatic heterocycles. The van der Waals surface area contributed by atoms with E-state index in [-0.39, 0.29) is 24.3 Å². The molecule has 29 heavy (non-hydrogen) atoms. The third kappa shape index (κ3) is 4.56. The fourth-order valence-electron chi connectivity index (χ4n) is 3.24. The van der Waals surface area contributed by atoms with Gasteiger partial charge in [-0.2, -0.15) is 0 Å². The summed E-state index contributed by atoms with van der Waals surface area (Å²) in [5.41, 5.74) is 2.68. The van der Waals surface area contributed by atoms with Gasteiger partial charge in [0, 0.05) is 12.5 Å². The highest BCUT2D eigenvalue weighted by atomic mass is 16.5. The summed E-state index contributed by atoms with van der Waals surface area (Å²) < 4.78 is 7.02. The van der Waals surface area contributed by atoms with Crippen LogP contribution in [0.4, 0.5) is 0 Å². The van der Waals surface area contributed by atoms with Gasteiger partial charge >= 0.3 is 0 Å². The Labute approximate surface area is 169 Å². The van der Waals surface area contributed by atoms with E-state index in [0.717, 1.165) is 35.2 Å². The number of carbonyl (C=O) groups excluding carboxylic acids is 2. The van der Waals surface area contributed by atoms with Gasteiger partial charge < -0.3 is 19.9 Å². The minimum absolute atomic E-state index is 0.0626. The Morgan fingerprint density at radius 3 is 2.55 bits per heavy atom. The van der Waals surface area contributed by atoms with Crippen LogP contribution in [0, 0.1) is 5.92 Å². The largest absolute Gasteiger partial charge is 0.497 e. The fourth-order valence-corrected chi connectivity index (χ4v) is 3.24. The van der Waals surface area contributed by atoms with Gasteiger partial charge in [0.1, 0.15) is 18.1 Å². The van der Waals surface area contributed by atoms with E-state index in [1.54, 1.807) is 7.11 Å². The van der Waals surface area contributed by atoms with Crippen molar-refractivity contribution in [3.05, 3.63) is 59.9 Å². The first-order chi connectivity index (χ1) is 14.1. The Bertz CT molecular complexity index is 1020. The second-order valence-corrected chi connectivity index (χ2v) is 7.22. The van der Waals surface area contributed by atoms with Crippen LogP contribution in [0.2, 0.25) is 0 Å². The first-order valence-corrected chi connectivity index (χ1v) is 9.75. The molecule has 0 saturated heterocycles. The Kier molecular flexibility index (Phi) is 5.46. The summed E-state index contributed by atoms with van der Waals surface area (Å²) in [6.45, 7) is 0.893. The molecule has 0 spiro atoms. The van der Waals surface area contributed by atoms with Crippen molar-refractivity contribution in [2.75, 3.05) is 7.11 Å². The number of nitrogens with zero attached hydrogens (tertiary/aromatic N) is 2. The lowest BCUT2D eigenvalue weighted by atomic mass is 10.2. The summed E-state index contributed by atoms with van der Waals surface area (Å²) in [7, 11) is 1.62. The van der Waals surface area contributed by atoms with Crippen molar-refractivity contribution in [2.45, 2.75) is 32.5 Å². The van der Waals surface area contributed by atoms with Crippen LogP contribution < -0.4 is 15.4 Å². The second-order valence-electron chi connectivity index (χ2n) is 7.22. The van der Waals surface area contributed by atoms with Gasteiger partial charge in [-0.1, -0.05) is 24.3 Å². The third-order valence-corrected chi connectivity index (χ3v) is 5.05. The summed E-state index contributed by atoms with van der Waals surface area (Å²) in [6, 6.07) is 15.3. The predicted molar refractivity (Wildman–Crippen MR) is 109 cm³/mol. The van der Waals surface area contributed by atoms with Crippen LogP contribution in [0.3, 0.4) is 0 Å². The summed E-state index contributed by atoms with van der Waals surface area (Å²) in [5.74, 6) is 1.55. The lowest BCUT2D eigenvalue weighted by molar-refractivity contribution is -0.122. The molecule has 2 amide bonds. The molecule has 7 nitrogen and oxygen atoms in total. The highest BCUT2D eigenvalue weighted by Crippen LogP contribution is 2.28. The van der Waals surface area contributed by atoms with Gasteiger partial charge in [0.05, 0.1) is 24.7 Å². The van der Waals surface area contributed by atoms with E-state index >= 15 is 0 Å². The van der Waals surface area contributed by atoms with Crippen LogP contribution in [-0.4, -0.2) is 28.5 Å². The molecule has 0 bridgehead atoms. The maximum atomic E-state index is 12.6. The number of para-hydroxylation sites is 2. The number of hydrogen-bond acceptors (Lipinski definition) is 4. The van der Waals surface area contributed by atoms with Gasteiger partial charge in [-0.15, -0.1) is 0 Å². The van der Waals surface area contributed by atoms with E-state index in [0.29, 0.717) is 18.9 Å². The van der Waals surface area contributed by atoms with Crippen molar-refractivity contribution in [2.24, 2.45) is 5.92 Å². The number of fused-ring (bicyclic) bond motifs is 1. The topological polar surface area (TPSA) is 85.2 Å². The van der Waals surface area contributed by atoms with Crippen molar-refractivity contribution < 1.29 is 14.3 Å². The van der Waals surface area contributed by atoms with Gasteiger partial charge in [0.15, 0.2) is 0 Å². The van der Waals surface area contributed by atoms with E-state index in [2.05, 4.69) is 15.6 Å². The molecular formula is C22H24N4O3. The molecule has 1 aliphatic rings. The number of nitrogens with one attached hydrogen (secondary N) is 2. The summed E-state index contributed by atoms with van der Waals surface area (Å²) in [6.07, 6.45) is 1.91. The Morgan fingerprint density at radius 2 is 1.83 bits per heavy atom. The number of aromatic nitrogens is 2. The van der Waals surface area contributed by atoms with Crippen LogP contribution in [0.5, 0.6) is 5.75 Å².